The number of rotatable bonds is 5. The molecule has 22 heavy (non-hydrogen) atoms. The first-order valence-electron chi connectivity index (χ1n) is 7.38. The molecule has 0 aliphatic carbocycles. The monoisotopic (exact) mass is 291 g/mol. The SMILES string of the molecule is C=CCC(Nc1ccc(F)cc1)c1ccc2ccccc2c1. The smallest absolute Gasteiger partial charge is 0.123 e. The van der Waals surface area contributed by atoms with Crippen molar-refractivity contribution < 1.29 is 4.39 Å². The first-order valence-corrected chi connectivity index (χ1v) is 7.38. The van der Waals surface area contributed by atoms with Crippen LogP contribution in [0.4, 0.5) is 10.1 Å². The Kier molecular flexibility index (Phi) is 4.19. The van der Waals surface area contributed by atoms with Crippen LogP contribution in [0, 0.1) is 5.82 Å². The minimum absolute atomic E-state index is 0.118. The Bertz CT molecular complexity index is 777. The number of nitrogens with one attached hydrogen (secondary N) is 1. The van der Waals surface area contributed by atoms with E-state index in [1.54, 1.807) is 12.1 Å². The Hall–Kier alpha value is -2.61. The lowest BCUT2D eigenvalue weighted by molar-refractivity contribution is 0.628. The van der Waals surface area contributed by atoms with E-state index in [1.807, 2.05) is 18.2 Å². The van der Waals surface area contributed by atoms with Crippen molar-refractivity contribution in [3.8, 4) is 0 Å². The molecule has 0 fully saturated rings. The maximum absolute atomic E-state index is 13.0. The zero-order valence-corrected chi connectivity index (χ0v) is 12.3. The molecule has 1 atom stereocenters. The molecule has 0 saturated heterocycles. The molecule has 0 spiro atoms. The van der Waals surface area contributed by atoms with E-state index >= 15 is 0 Å². The summed E-state index contributed by atoms with van der Waals surface area (Å²) in [6.45, 7) is 3.84. The average Bonchev–Trinajstić information content (AvgIpc) is 2.56. The van der Waals surface area contributed by atoms with Crippen molar-refractivity contribution >= 4 is 16.5 Å². The van der Waals surface area contributed by atoms with Gasteiger partial charge in [-0.05, 0) is 53.1 Å². The molecule has 0 bridgehead atoms. The van der Waals surface area contributed by atoms with Gasteiger partial charge in [-0.2, -0.15) is 0 Å². The van der Waals surface area contributed by atoms with Crippen LogP contribution in [0.3, 0.4) is 0 Å². The van der Waals surface area contributed by atoms with E-state index in [2.05, 4.69) is 42.2 Å². The molecule has 0 aromatic heterocycles. The molecule has 3 aromatic rings. The third-order valence-electron chi connectivity index (χ3n) is 3.76. The van der Waals surface area contributed by atoms with Crippen LogP contribution >= 0.6 is 0 Å². The summed E-state index contributed by atoms with van der Waals surface area (Å²) in [4.78, 5) is 0. The van der Waals surface area contributed by atoms with Crippen molar-refractivity contribution in [1.29, 1.82) is 0 Å². The number of hydrogen-bond acceptors (Lipinski definition) is 1. The summed E-state index contributed by atoms with van der Waals surface area (Å²) in [6, 6.07) is 21.3. The fourth-order valence-electron chi connectivity index (χ4n) is 2.62. The van der Waals surface area contributed by atoms with Gasteiger partial charge in [-0.1, -0.05) is 42.5 Å². The summed E-state index contributed by atoms with van der Waals surface area (Å²) < 4.78 is 13.0. The Labute approximate surface area is 130 Å². The van der Waals surface area contributed by atoms with Crippen LogP contribution < -0.4 is 5.32 Å². The van der Waals surface area contributed by atoms with Crippen molar-refractivity contribution in [2.75, 3.05) is 5.32 Å². The van der Waals surface area contributed by atoms with Crippen molar-refractivity contribution in [3.63, 3.8) is 0 Å². The maximum atomic E-state index is 13.0. The van der Waals surface area contributed by atoms with Gasteiger partial charge in [0.05, 0.1) is 6.04 Å². The van der Waals surface area contributed by atoms with Crippen LogP contribution in [0.1, 0.15) is 18.0 Å². The lowest BCUT2D eigenvalue weighted by Gasteiger charge is -2.19. The molecule has 1 unspecified atom stereocenters. The normalized spacial score (nSPS) is 12.0. The fraction of sp³-hybridized carbons (Fsp3) is 0.100. The van der Waals surface area contributed by atoms with Crippen LogP contribution in [-0.2, 0) is 0 Å². The van der Waals surface area contributed by atoms with E-state index in [9.17, 15) is 4.39 Å². The average molecular weight is 291 g/mol. The zero-order valence-electron chi connectivity index (χ0n) is 12.3. The van der Waals surface area contributed by atoms with Crippen molar-refractivity contribution in [3.05, 3.63) is 90.8 Å². The molecule has 0 aliphatic heterocycles. The minimum Gasteiger partial charge on any atom is -0.378 e. The molecule has 1 N–H and O–H groups in total. The lowest BCUT2D eigenvalue weighted by atomic mass is 9.99. The lowest BCUT2D eigenvalue weighted by Crippen LogP contribution is -2.10. The molecule has 3 aromatic carbocycles. The van der Waals surface area contributed by atoms with E-state index in [1.165, 1.54) is 28.5 Å². The largest absolute Gasteiger partial charge is 0.378 e. The van der Waals surface area contributed by atoms with Crippen LogP contribution in [-0.4, -0.2) is 0 Å². The Balaban J connectivity index is 1.91. The first-order chi connectivity index (χ1) is 10.8. The van der Waals surface area contributed by atoms with Crippen LogP contribution in [0.15, 0.2) is 79.4 Å². The minimum atomic E-state index is -0.225. The van der Waals surface area contributed by atoms with Gasteiger partial charge in [-0.25, -0.2) is 4.39 Å². The molecule has 110 valence electrons. The van der Waals surface area contributed by atoms with Crippen LogP contribution in [0.5, 0.6) is 0 Å². The molecule has 2 heteroatoms. The molecule has 1 nitrogen and oxygen atoms in total. The van der Waals surface area contributed by atoms with Gasteiger partial charge < -0.3 is 5.32 Å². The van der Waals surface area contributed by atoms with E-state index in [-0.39, 0.29) is 11.9 Å². The highest BCUT2D eigenvalue weighted by atomic mass is 19.1. The second kappa shape index (κ2) is 6.44. The van der Waals surface area contributed by atoms with E-state index in [0.717, 1.165) is 12.1 Å². The molecule has 3 rings (SSSR count). The predicted molar refractivity (Wildman–Crippen MR) is 91.5 cm³/mol. The number of anilines is 1. The summed E-state index contributed by atoms with van der Waals surface area (Å²) >= 11 is 0. The fourth-order valence-corrected chi connectivity index (χ4v) is 2.62. The zero-order chi connectivity index (χ0) is 15.4. The molecular formula is C20H18FN. The van der Waals surface area contributed by atoms with Gasteiger partial charge in [0.15, 0.2) is 0 Å². The topological polar surface area (TPSA) is 12.0 Å². The molecule has 0 heterocycles. The summed E-state index contributed by atoms with van der Waals surface area (Å²) in [7, 11) is 0. The third-order valence-corrected chi connectivity index (χ3v) is 3.76. The van der Waals surface area contributed by atoms with Gasteiger partial charge in [-0.15, -0.1) is 6.58 Å². The second-order valence-corrected chi connectivity index (χ2v) is 5.33. The Morgan fingerprint density at radius 3 is 2.41 bits per heavy atom. The van der Waals surface area contributed by atoms with Crippen LogP contribution in [0.2, 0.25) is 0 Å². The van der Waals surface area contributed by atoms with Crippen molar-refractivity contribution in [1.82, 2.24) is 0 Å². The molecular weight excluding hydrogens is 273 g/mol. The third kappa shape index (κ3) is 3.17. The highest BCUT2D eigenvalue weighted by Crippen LogP contribution is 2.26. The standard InChI is InChI=1S/C20H18FN/c1-2-5-20(22-19-12-10-18(21)11-13-19)17-9-8-15-6-3-4-7-16(15)14-17/h2-4,6-14,20,22H,1,5H2. The van der Waals surface area contributed by atoms with Crippen molar-refractivity contribution in [2.24, 2.45) is 0 Å². The quantitative estimate of drug-likeness (QED) is 0.594. The summed E-state index contributed by atoms with van der Waals surface area (Å²) in [6.07, 6.45) is 2.70. The van der Waals surface area contributed by atoms with Gasteiger partial charge >= 0.3 is 0 Å². The number of hydrogen-bond donors (Lipinski definition) is 1. The summed E-state index contributed by atoms with van der Waals surface area (Å²) in [5.41, 5.74) is 2.10. The van der Waals surface area contributed by atoms with E-state index in [4.69, 9.17) is 0 Å². The Morgan fingerprint density at radius 2 is 1.68 bits per heavy atom. The molecule has 0 radical (unpaired) electrons. The maximum Gasteiger partial charge on any atom is 0.123 e. The molecule has 0 saturated carbocycles. The summed E-state index contributed by atoms with van der Waals surface area (Å²) in [5, 5.41) is 5.89. The van der Waals surface area contributed by atoms with E-state index < -0.39 is 0 Å². The van der Waals surface area contributed by atoms with E-state index in [0.29, 0.717) is 0 Å². The number of halogens is 1. The summed E-state index contributed by atoms with van der Waals surface area (Å²) in [5.74, 6) is -0.225. The highest BCUT2D eigenvalue weighted by molar-refractivity contribution is 5.83. The van der Waals surface area contributed by atoms with Gasteiger partial charge in [0, 0.05) is 5.69 Å². The first kappa shape index (κ1) is 14.3. The van der Waals surface area contributed by atoms with Gasteiger partial charge in [0.25, 0.3) is 0 Å². The number of fused-ring (bicyclic) bond motifs is 1. The second-order valence-electron chi connectivity index (χ2n) is 5.33. The van der Waals surface area contributed by atoms with Gasteiger partial charge in [0.1, 0.15) is 5.82 Å². The highest BCUT2D eigenvalue weighted by Gasteiger charge is 2.10. The predicted octanol–water partition coefficient (Wildman–Crippen LogP) is 5.71. The van der Waals surface area contributed by atoms with Crippen molar-refractivity contribution in [2.45, 2.75) is 12.5 Å². The molecule has 0 amide bonds. The number of benzene rings is 3. The van der Waals surface area contributed by atoms with Gasteiger partial charge in [-0.3, -0.25) is 0 Å². The van der Waals surface area contributed by atoms with Crippen LogP contribution in [0.25, 0.3) is 10.8 Å². The Morgan fingerprint density at radius 1 is 0.955 bits per heavy atom. The van der Waals surface area contributed by atoms with Gasteiger partial charge in [0.2, 0.25) is 0 Å². The molecule has 0 aliphatic rings.